The van der Waals surface area contributed by atoms with Crippen LogP contribution in [0.15, 0.2) is 138 Å². The van der Waals surface area contributed by atoms with Crippen LogP contribution < -0.4 is 19.6 Å². The number of rotatable bonds is 9. The van der Waals surface area contributed by atoms with Crippen molar-refractivity contribution in [1.29, 1.82) is 0 Å². The van der Waals surface area contributed by atoms with Crippen molar-refractivity contribution < 1.29 is 27.2 Å². The minimum Gasteiger partial charge on any atom is -0.493 e. The summed E-state index contributed by atoms with van der Waals surface area (Å²) in [6.07, 6.45) is -4.64. The van der Waals surface area contributed by atoms with Crippen LogP contribution in [-0.4, -0.2) is 52.8 Å². The van der Waals surface area contributed by atoms with E-state index in [4.69, 9.17) is 19.4 Å². The van der Waals surface area contributed by atoms with E-state index < -0.39 is 11.7 Å². The van der Waals surface area contributed by atoms with Gasteiger partial charge in [-0.05, 0) is 97.1 Å². The molecule has 15 heteroatoms. The highest BCUT2D eigenvalue weighted by molar-refractivity contribution is 5.96. The maximum absolute atomic E-state index is 14.7. The molecular weight excluding hydrogens is 784 g/mol. The first-order chi connectivity index (χ1) is 29.7. The van der Waals surface area contributed by atoms with E-state index in [9.17, 15) is 18.0 Å². The molecule has 0 unspecified atom stereocenters. The molecule has 0 saturated heterocycles. The van der Waals surface area contributed by atoms with Gasteiger partial charge >= 0.3 is 11.8 Å². The van der Waals surface area contributed by atoms with Gasteiger partial charge in [0.1, 0.15) is 5.75 Å². The molecule has 0 spiro atoms. The number of tetrazole rings is 1. The second kappa shape index (κ2) is 14.7. The minimum atomic E-state index is -4.64. The van der Waals surface area contributed by atoms with Crippen LogP contribution in [0.3, 0.4) is 0 Å². The number of benzene rings is 6. The van der Waals surface area contributed by atoms with Gasteiger partial charge in [0.2, 0.25) is 5.82 Å². The summed E-state index contributed by atoms with van der Waals surface area (Å²) in [7, 11) is 0. The maximum atomic E-state index is 14.7. The molecule has 1 N–H and O–H groups in total. The van der Waals surface area contributed by atoms with Crippen LogP contribution in [0.2, 0.25) is 0 Å². The molecule has 10 aromatic rings. The number of halogens is 3. The Bertz CT molecular complexity index is 3380. The standard InChI is InChI=1S/C46H33F3N9O3/c1-3-60-39-22-10-7-17-32(39)42-50-34-19-8-5-15-30(34)44-57(36-24-23-28(46(47,48)49)26-38(36)58(42)44)37-21-12-18-33(40(37)61-4-2)43-51-35-20-9-6-16-31(35)45(59)56(43)29-14-11-13-27(25-29)41-52-54-55-53-41/h5-26H,3-4H2,1-2H3,(H,52,53,54,55)/q+1. The lowest BCUT2D eigenvalue weighted by Crippen LogP contribution is -2.32. The SMILES string of the molecule is CCOc1ccccc1-c1nc2ccccc2c2n1c1cc(C(F)(F)F)ccc1[n+]2-c1cccc(-c2nc3ccccc3c(=O)n2-c2cccc(-c3nnn[nH]3)c2)c1OCC. The Balaban J connectivity index is 1.34. The number of ether oxygens (including phenoxy) is 2. The van der Waals surface area contributed by atoms with Crippen LogP contribution in [0.25, 0.3) is 84.0 Å². The fourth-order valence-electron chi connectivity index (χ4n) is 7.93. The molecule has 0 bridgehead atoms. The second-order valence-electron chi connectivity index (χ2n) is 14.1. The van der Waals surface area contributed by atoms with Crippen molar-refractivity contribution in [2.24, 2.45) is 0 Å². The van der Waals surface area contributed by atoms with Gasteiger partial charge in [-0.3, -0.25) is 9.36 Å². The number of hydrogen-bond donors (Lipinski definition) is 1. The van der Waals surface area contributed by atoms with E-state index in [1.54, 1.807) is 40.8 Å². The quantitative estimate of drug-likeness (QED) is 0.143. The molecule has 0 aliphatic heterocycles. The Hall–Kier alpha value is -7.94. The zero-order chi connectivity index (χ0) is 41.8. The normalized spacial score (nSPS) is 11.9. The van der Waals surface area contributed by atoms with Gasteiger partial charge in [0.05, 0.1) is 57.4 Å². The van der Waals surface area contributed by atoms with E-state index >= 15 is 0 Å². The van der Waals surface area contributed by atoms with Gasteiger partial charge in [0.15, 0.2) is 34.1 Å². The van der Waals surface area contributed by atoms with E-state index in [0.29, 0.717) is 90.8 Å². The van der Waals surface area contributed by atoms with E-state index in [2.05, 4.69) is 20.6 Å². The molecular formula is C46H33F3N9O3+. The molecule has 0 fully saturated rings. The average molecular weight is 817 g/mol. The fraction of sp³-hybridized carbons (Fsp3) is 0.109. The molecule has 10 rings (SSSR count). The smallest absolute Gasteiger partial charge is 0.416 e. The fourth-order valence-corrected chi connectivity index (χ4v) is 7.93. The highest BCUT2D eigenvalue weighted by Gasteiger charge is 2.36. The molecule has 0 amide bonds. The molecule has 300 valence electrons. The van der Waals surface area contributed by atoms with E-state index in [1.807, 2.05) is 97.3 Å². The van der Waals surface area contributed by atoms with Crippen LogP contribution in [0.4, 0.5) is 13.2 Å². The highest BCUT2D eigenvalue weighted by Crippen LogP contribution is 2.40. The number of nitrogens with one attached hydrogen (secondary N) is 1. The van der Waals surface area contributed by atoms with Crippen molar-refractivity contribution in [2.75, 3.05) is 13.2 Å². The van der Waals surface area contributed by atoms with Crippen molar-refractivity contribution >= 4 is 38.5 Å². The third-order valence-corrected chi connectivity index (χ3v) is 10.5. The minimum absolute atomic E-state index is 0.202. The number of aromatic amines is 1. The van der Waals surface area contributed by atoms with Gasteiger partial charge in [-0.15, -0.1) is 5.10 Å². The van der Waals surface area contributed by atoms with Crippen LogP contribution in [0.5, 0.6) is 11.5 Å². The topological polar surface area (TPSA) is 129 Å². The first-order valence-electron chi connectivity index (χ1n) is 19.5. The summed E-state index contributed by atoms with van der Waals surface area (Å²) in [6, 6.07) is 38.3. The third kappa shape index (κ3) is 6.20. The summed E-state index contributed by atoms with van der Waals surface area (Å²) in [5, 5.41) is 15.3. The molecule has 0 aliphatic carbocycles. The van der Waals surface area contributed by atoms with Crippen molar-refractivity contribution in [3.8, 4) is 57.0 Å². The number of H-pyrrole nitrogens is 1. The van der Waals surface area contributed by atoms with Gasteiger partial charge in [-0.2, -0.15) is 22.1 Å². The molecule has 4 heterocycles. The van der Waals surface area contributed by atoms with Crippen LogP contribution in [-0.2, 0) is 6.18 Å². The van der Waals surface area contributed by atoms with Gasteiger partial charge in [-0.25, -0.2) is 15.1 Å². The monoisotopic (exact) mass is 816 g/mol. The molecule has 4 aromatic heterocycles. The summed E-state index contributed by atoms with van der Waals surface area (Å²) in [5.74, 6) is 1.92. The zero-order valence-corrected chi connectivity index (χ0v) is 32.6. The van der Waals surface area contributed by atoms with Crippen molar-refractivity contribution in [3.05, 3.63) is 149 Å². The van der Waals surface area contributed by atoms with Crippen molar-refractivity contribution in [2.45, 2.75) is 20.0 Å². The lowest BCUT2D eigenvalue weighted by atomic mass is 10.1. The lowest BCUT2D eigenvalue weighted by molar-refractivity contribution is -0.538. The number of para-hydroxylation sites is 4. The number of aromatic nitrogens is 9. The lowest BCUT2D eigenvalue weighted by Gasteiger charge is -2.18. The Labute approximate surface area is 344 Å². The second-order valence-corrected chi connectivity index (χ2v) is 14.1. The summed E-state index contributed by atoms with van der Waals surface area (Å²) in [5.41, 5.74) is 3.78. The maximum Gasteiger partial charge on any atom is 0.416 e. The Morgan fingerprint density at radius 1 is 0.721 bits per heavy atom. The van der Waals surface area contributed by atoms with E-state index in [1.165, 1.54) is 10.6 Å². The molecule has 12 nitrogen and oxygen atoms in total. The van der Waals surface area contributed by atoms with Gasteiger partial charge in [0, 0.05) is 11.6 Å². The molecule has 6 aromatic carbocycles. The van der Waals surface area contributed by atoms with Gasteiger partial charge in [-0.1, -0.05) is 54.6 Å². The zero-order valence-electron chi connectivity index (χ0n) is 32.6. The van der Waals surface area contributed by atoms with Crippen molar-refractivity contribution in [3.63, 3.8) is 0 Å². The van der Waals surface area contributed by atoms with Crippen LogP contribution in [0.1, 0.15) is 19.4 Å². The van der Waals surface area contributed by atoms with Gasteiger partial charge in [0.25, 0.3) is 5.56 Å². The Morgan fingerprint density at radius 3 is 2.20 bits per heavy atom. The van der Waals surface area contributed by atoms with Crippen molar-refractivity contribution in [1.82, 2.24) is 39.6 Å². The predicted molar refractivity (Wildman–Crippen MR) is 224 cm³/mol. The summed E-state index contributed by atoms with van der Waals surface area (Å²) >= 11 is 0. The van der Waals surface area contributed by atoms with Crippen LogP contribution >= 0.6 is 0 Å². The largest absolute Gasteiger partial charge is 0.493 e. The average Bonchev–Trinajstić information content (AvgIpc) is 3.94. The van der Waals surface area contributed by atoms with E-state index in [-0.39, 0.29) is 23.5 Å². The molecule has 0 atom stereocenters. The number of imidazole rings is 1. The third-order valence-electron chi connectivity index (χ3n) is 10.5. The first-order valence-corrected chi connectivity index (χ1v) is 19.5. The Morgan fingerprint density at radius 2 is 1.43 bits per heavy atom. The number of nitrogens with zero attached hydrogens (tertiary/aromatic N) is 8. The number of fused-ring (bicyclic) bond motifs is 6. The van der Waals surface area contributed by atoms with Gasteiger partial charge < -0.3 is 9.47 Å². The Kier molecular flexibility index (Phi) is 9.00. The molecule has 0 saturated carbocycles. The molecule has 61 heavy (non-hydrogen) atoms. The molecule has 0 radical (unpaired) electrons. The number of alkyl halides is 3. The number of hydrogen-bond acceptors (Lipinski definition) is 8. The molecule has 0 aliphatic rings. The highest BCUT2D eigenvalue weighted by atomic mass is 19.4. The summed E-state index contributed by atoms with van der Waals surface area (Å²) in [6.45, 7) is 4.27. The first kappa shape index (κ1) is 37.3. The summed E-state index contributed by atoms with van der Waals surface area (Å²) < 4.78 is 61.6. The predicted octanol–water partition coefficient (Wildman–Crippen LogP) is 8.95. The summed E-state index contributed by atoms with van der Waals surface area (Å²) in [4.78, 5) is 24.9. The van der Waals surface area contributed by atoms with E-state index in [0.717, 1.165) is 12.1 Å². The van der Waals surface area contributed by atoms with Crippen LogP contribution in [0, 0.1) is 0 Å².